The third-order valence-corrected chi connectivity index (χ3v) is 9.07. The molecule has 0 bridgehead atoms. The lowest BCUT2D eigenvalue weighted by atomic mass is 9.89. The van der Waals surface area contributed by atoms with Gasteiger partial charge in [0.1, 0.15) is 24.7 Å². The van der Waals surface area contributed by atoms with Gasteiger partial charge in [0, 0.05) is 35.9 Å². The molecule has 0 radical (unpaired) electrons. The molecule has 11 heteroatoms. The number of aliphatic carboxylic acids is 1. The fourth-order valence-electron chi connectivity index (χ4n) is 4.91. The van der Waals surface area contributed by atoms with E-state index in [0.29, 0.717) is 19.5 Å². The van der Waals surface area contributed by atoms with Crippen molar-refractivity contribution in [3.8, 4) is 0 Å². The molecule has 252 valence electrons. The predicted octanol–water partition coefficient (Wildman–Crippen LogP) is 6.01. The van der Waals surface area contributed by atoms with E-state index in [-0.39, 0.29) is 12.0 Å². The second kappa shape index (κ2) is 18.8. The summed E-state index contributed by atoms with van der Waals surface area (Å²) in [6.45, 7) is 14.6. The van der Waals surface area contributed by atoms with E-state index in [9.17, 15) is 24.3 Å². The number of benzene rings is 1. The number of carbonyl (C=O) groups excluding carboxylic acids is 3. The highest BCUT2D eigenvalue weighted by atomic mass is 32.2. The van der Waals surface area contributed by atoms with Crippen LogP contribution in [0, 0.1) is 11.3 Å². The Bertz CT molecular complexity index is 1130. The van der Waals surface area contributed by atoms with E-state index >= 15 is 0 Å². The number of nitrogens with zero attached hydrogens (tertiary/aromatic N) is 2. The number of unbranched alkanes of at least 4 members (excludes halogenated alkanes) is 4. The molecule has 0 fully saturated rings. The van der Waals surface area contributed by atoms with Crippen molar-refractivity contribution in [1.82, 2.24) is 19.8 Å². The maximum atomic E-state index is 13.3. The van der Waals surface area contributed by atoms with Crippen LogP contribution in [0.4, 0.5) is 4.79 Å². The lowest BCUT2D eigenvalue weighted by Crippen LogP contribution is -2.55. The van der Waals surface area contributed by atoms with Gasteiger partial charge in [-0.05, 0) is 49.8 Å². The lowest BCUT2D eigenvalue weighted by molar-refractivity contribution is -0.145. The Kier molecular flexibility index (Phi) is 15.9. The molecule has 0 aromatic heterocycles. The van der Waals surface area contributed by atoms with Gasteiger partial charge in [-0.3, -0.25) is 9.59 Å². The zero-order valence-electron chi connectivity index (χ0n) is 28.1. The van der Waals surface area contributed by atoms with E-state index < -0.39 is 48.0 Å². The number of rotatable bonds is 18. The molecule has 1 aromatic carbocycles. The standard InChI is InChI=1S/C34H54N4O6S/c1-8-10-12-13-14-17-24(3)30(32(41)42)36-31(40)25(4)38(20-11-9-2)29(39)21-35-33(43)44-28(34(5,6)7)23-37-22-26-18-15-16-19-27(26)45-37/h14-19,24-25,28,30H,8-13,20-23H2,1-7H3,(H,35,43)(H,36,40)(H,41,42)/b17-14-. The van der Waals surface area contributed by atoms with Gasteiger partial charge < -0.3 is 25.4 Å². The monoisotopic (exact) mass is 646 g/mol. The summed E-state index contributed by atoms with van der Waals surface area (Å²) in [5.41, 5.74) is 0.887. The minimum Gasteiger partial charge on any atom is -0.480 e. The van der Waals surface area contributed by atoms with Gasteiger partial charge in [0.25, 0.3) is 0 Å². The lowest BCUT2D eigenvalue weighted by Gasteiger charge is -2.33. The number of hydrogen-bond acceptors (Lipinski definition) is 7. The van der Waals surface area contributed by atoms with E-state index in [1.165, 1.54) is 15.4 Å². The molecule has 3 amide bonds. The van der Waals surface area contributed by atoms with E-state index in [1.807, 2.05) is 52.0 Å². The number of carboxylic acids is 1. The van der Waals surface area contributed by atoms with Crippen molar-refractivity contribution in [1.29, 1.82) is 0 Å². The summed E-state index contributed by atoms with van der Waals surface area (Å²) in [6, 6.07) is 6.12. The van der Waals surface area contributed by atoms with Crippen LogP contribution in [-0.2, 0) is 25.7 Å². The van der Waals surface area contributed by atoms with Crippen molar-refractivity contribution in [3.05, 3.63) is 42.0 Å². The van der Waals surface area contributed by atoms with Crippen LogP contribution in [0.2, 0.25) is 0 Å². The van der Waals surface area contributed by atoms with E-state index in [2.05, 4.69) is 34.0 Å². The summed E-state index contributed by atoms with van der Waals surface area (Å²) in [4.78, 5) is 54.0. The molecule has 0 aliphatic carbocycles. The Labute approximate surface area is 273 Å². The SMILES string of the molecule is CCCCC/C=C\C(C)C(NC(=O)C(C)N(CCCC)C(=O)CNC(=O)OC(CN1Cc2ccccc2S1)C(C)(C)C)C(=O)O. The normalized spacial score (nSPS) is 16.0. The maximum absolute atomic E-state index is 13.3. The molecule has 1 aromatic rings. The number of allylic oxidation sites excluding steroid dienone is 1. The Morgan fingerprint density at radius 1 is 1.09 bits per heavy atom. The van der Waals surface area contributed by atoms with Gasteiger partial charge in [-0.15, -0.1) is 0 Å². The fraction of sp³-hybridized carbons (Fsp3) is 0.647. The molecule has 4 unspecified atom stereocenters. The van der Waals surface area contributed by atoms with Crippen molar-refractivity contribution < 1.29 is 29.0 Å². The van der Waals surface area contributed by atoms with Crippen molar-refractivity contribution in [3.63, 3.8) is 0 Å². The van der Waals surface area contributed by atoms with Crippen molar-refractivity contribution in [2.24, 2.45) is 11.3 Å². The topological polar surface area (TPSA) is 128 Å². The van der Waals surface area contributed by atoms with Crippen LogP contribution in [0.25, 0.3) is 0 Å². The Balaban J connectivity index is 1.99. The van der Waals surface area contributed by atoms with Gasteiger partial charge in [-0.1, -0.05) is 91.2 Å². The van der Waals surface area contributed by atoms with Gasteiger partial charge in [0.15, 0.2) is 0 Å². The van der Waals surface area contributed by atoms with Crippen molar-refractivity contribution >= 4 is 35.8 Å². The molecule has 1 heterocycles. The molecule has 3 N–H and O–H groups in total. The van der Waals surface area contributed by atoms with Crippen molar-refractivity contribution in [2.75, 3.05) is 19.6 Å². The average molecular weight is 647 g/mol. The summed E-state index contributed by atoms with van der Waals surface area (Å²) in [6.07, 6.45) is 8.16. The first-order valence-corrected chi connectivity index (χ1v) is 17.0. The first-order valence-electron chi connectivity index (χ1n) is 16.2. The van der Waals surface area contributed by atoms with Crippen LogP contribution in [-0.4, -0.2) is 76.0 Å². The Morgan fingerprint density at radius 3 is 2.40 bits per heavy atom. The number of nitrogens with one attached hydrogen (secondary N) is 2. The largest absolute Gasteiger partial charge is 0.480 e. The third kappa shape index (κ3) is 12.7. The van der Waals surface area contributed by atoms with Crippen LogP contribution in [0.1, 0.15) is 92.6 Å². The predicted molar refractivity (Wildman–Crippen MR) is 179 cm³/mol. The smallest absolute Gasteiger partial charge is 0.407 e. The third-order valence-electron chi connectivity index (χ3n) is 7.94. The second-order valence-electron chi connectivity index (χ2n) is 12.9. The van der Waals surface area contributed by atoms with Crippen molar-refractivity contribution in [2.45, 2.75) is 117 Å². The van der Waals surface area contributed by atoms with Crippen LogP contribution < -0.4 is 10.6 Å². The van der Waals surface area contributed by atoms with Gasteiger partial charge >= 0.3 is 12.1 Å². The van der Waals surface area contributed by atoms with Gasteiger partial charge in [0.2, 0.25) is 11.8 Å². The summed E-state index contributed by atoms with van der Waals surface area (Å²) in [5.74, 6) is -2.57. The molecule has 45 heavy (non-hydrogen) atoms. The van der Waals surface area contributed by atoms with E-state index in [0.717, 1.165) is 38.6 Å². The van der Waals surface area contributed by atoms with E-state index in [1.54, 1.807) is 25.8 Å². The molecule has 0 saturated heterocycles. The molecule has 1 aliphatic heterocycles. The summed E-state index contributed by atoms with van der Waals surface area (Å²) in [7, 11) is 0. The Morgan fingerprint density at radius 2 is 1.78 bits per heavy atom. The number of amides is 3. The quantitative estimate of drug-likeness (QED) is 0.101. The zero-order valence-corrected chi connectivity index (χ0v) is 29.0. The number of fused-ring (bicyclic) bond motifs is 1. The molecular formula is C34H54N4O6S. The minimum absolute atomic E-state index is 0.294. The highest BCUT2D eigenvalue weighted by Gasteiger charge is 2.34. The number of alkyl carbamates (subject to hydrolysis) is 1. The first-order chi connectivity index (χ1) is 21.3. The molecule has 2 rings (SSSR count). The maximum Gasteiger partial charge on any atom is 0.407 e. The van der Waals surface area contributed by atoms with E-state index in [4.69, 9.17) is 4.74 Å². The van der Waals surface area contributed by atoms with Crippen LogP contribution >= 0.6 is 11.9 Å². The minimum atomic E-state index is -1.14. The number of hydrogen-bond donors (Lipinski definition) is 3. The molecule has 1 aliphatic rings. The van der Waals surface area contributed by atoms with Gasteiger partial charge in [0.05, 0.1) is 0 Å². The molecule has 0 spiro atoms. The number of carbonyl (C=O) groups is 4. The first kappa shape index (κ1) is 38.1. The summed E-state index contributed by atoms with van der Waals surface area (Å²) in [5, 5.41) is 15.0. The molecule has 10 nitrogen and oxygen atoms in total. The van der Waals surface area contributed by atoms with Crippen LogP contribution in [0.15, 0.2) is 41.3 Å². The average Bonchev–Trinajstić information content (AvgIpc) is 3.40. The second-order valence-corrected chi connectivity index (χ2v) is 14.0. The van der Waals surface area contributed by atoms with Crippen LogP contribution in [0.5, 0.6) is 0 Å². The highest BCUT2D eigenvalue weighted by Crippen LogP contribution is 2.37. The number of ether oxygens (including phenoxy) is 1. The summed E-state index contributed by atoms with van der Waals surface area (Å²) < 4.78 is 7.99. The van der Waals surface area contributed by atoms with Gasteiger partial charge in [-0.2, -0.15) is 0 Å². The molecule has 4 atom stereocenters. The van der Waals surface area contributed by atoms with Crippen LogP contribution in [0.3, 0.4) is 0 Å². The Hall–Kier alpha value is -3.05. The molecule has 0 saturated carbocycles. The fourth-order valence-corrected chi connectivity index (χ4v) is 5.99. The van der Waals surface area contributed by atoms with Gasteiger partial charge in [-0.25, -0.2) is 13.9 Å². The highest BCUT2D eigenvalue weighted by molar-refractivity contribution is 7.97. The summed E-state index contributed by atoms with van der Waals surface area (Å²) >= 11 is 1.64. The number of carboxylic acid groups (broad SMARTS) is 1. The zero-order chi connectivity index (χ0) is 33.6. The molecular weight excluding hydrogens is 592 g/mol.